The third-order valence-electron chi connectivity index (χ3n) is 6.88. The number of carboxylic acid groups (broad SMARTS) is 2. The number of sulfonamides is 1. The van der Waals surface area contributed by atoms with E-state index < -0.39 is 28.1 Å². The Morgan fingerprint density at radius 3 is 2.33 bits per heavy atom. The molecular formula is C26H29F3N4O7S2. The van der Waals surface area contributed by atoms with Gasteiger partial charge in [-0.25, -0.2) is 17.9 Å². The molecule has 16 heteroatoms. The second-order valence-corrected chi connectivity index (χ2v) is 13.0. The third kappa shape index (κ3) is 8.30. The van der Waals surface area contributed by atoms with Crippen molar-refractivity contribution in [1.29, 1.82) is 0 Å². The Kier molecular flexibility index (Phi) is 9.60. The zero-order chi connectivity index (χ0) is 30.7. The number of nitrogens with one attached hydrogen (secondary N) is 1. The van der Waals surface area contributed by atoms with Crippen LogP contribution in [0, 0.1) is 0 Å². The van der Waals surface area contributed by atoms with Crippen LogP contribution in [0.2, 0.25) is 0 Å². The van der Waals surface area contributed by atoms with E-state index in [9.17, 15) is 26.4 Å². The number of carbonyl (C=O) groups excluding carboxylic acids is 1. The molecular weight excluding hydrogens is 601 g/mol. The Balaban J connectivity index is 0.000000952. The van der Waals surface area contributed by atoms with Crippen molar-refractivity contribution in [3.05, 3.63) is 59.4 Å². The van der Waals surface area contributed by atoms with Crippen LogP contribution in [0.4, 0.5) is 18.0 Å². The molecule has 2 aromatic heterocycles. The fourth-order valence-electron chi connectivity index (χ4n) is 4.47. The maximum absolute atomic E-state index is 12.9. The Bertz CT molecular complexity index is 1490. The van der Waals surface area contributed by atoms with E-state index in [1.54, 1.807) is 0 Å². The lowest BCUT2D eigenvalue weighted by Crippen LogP contribution is -2.47. The summed E-state index contributed by atoms with van der Waals surface area (Å²) >= 11 is 0.830. The number of nitrogens with zero attached hydrogens (tertiary/aromatic N) is 3. The number of piperazine rings is 1. The molecule has 1 aliphatic carbocycles. The summed E-state index contributed by atoms with van der Waals surface area (Å²) in [4.78, 5) is 25.4. The SMILES string of the molecule is CN1CCN(C(=O)CCc2ccc([C@H]3C[C@@H]3NS(=O)(=O)c3ccc(-c4cc(C(F)(F)F)on4)s3)cc2)CC1.O=C(O)O. The number of aryl methyl sites for hydroxylation is 1. The molecule has 1 saturated carbocycles. The van der Waals surface area contributed by atoms with Crippen LogP contribution in [0.1, 0.15) is 35.6 Å². The first-order valence-corrected chi connectivity index (χ1v) is 15.2. The van der Waals surface area contributed by atoms with Crippen LogP contribution in [0.15, 0.2) is 51.2 Å². The third-order valence-corrected chi connectivity index (χ3v) is 9.97. The first-order valence-electron chi connectivity index (χ1n) is 12.9. The van der Waals surface area contributed by atoms with Crippen LogP contribution in [-0.4, -0.2) is 84.9 Å². The van der Waals surface area contributed by atoms with Gasteiger partial charge >= 0.3 is 12.3 Å². The number of hydrogen-bond acceptors (Lipinski definition) is 8. The van der Waals surface area contributed by atoms with Gasteiger partial charge < -0.3 is 24.5 Å². The highest BCUT2D eigenvalue weighted by Crippen LogP contribution is 2.42. The summed E-state index contributed by atoms with van der Waals surface area (Å²) < 4.78 is 71.0. The summed E-state index contributed by atoms with van der Waals surface area (Å²) in [6.45, 7) is 3.31. The largest absolute Gasteiger partial charge is 0.503 e. The highest BCUT2D eigenvalue weighted by atomic mass is 32.2. The Labute approximate surface area is 243 Å². The monoisotopic (exact) mass is 630 g/mol. The standard InChI is InChI=1S/C25H27F3N4O4S2.CH2O3/c1-31-10-12-32(13-11-31)23(33)8-4-16-2-5-17(6-3-16)18-14-19(18)30-38(34,35)24-9-7-21(37-24)20-15-22(36-29-20)25(26,27)28;2-1(3)4/h2-3,5-7,9,15,18-19,30H,4,8,10-14H2,1H3;(H2,2,3,4)/t18-,19+;/m1./s1. The fourth-order valence-corrected chi connectivity index (χ4v) is 7.04. The number of carbonyl (C=O) groups is 2. The summed E-state index contributed by atoms with van der Waals surface area (Å²) in [5, 5.41) is 17.4. The number of amides is 1. The smallest absolute Gasteiger partial charge is 0.450 e. The lowest BCUT2D eigenvalue weighted by Gasteiger charge is -2.32. The van der Waals surface area contributed by atoms with Crippen molar-refractivity contribution in [2.45, 2.75) is 41.6 Å². The number of aromatic nitrogens is 1. The van der Waals surface area contributed by atoms with E-state index in [4.69, 9.17) is 15.0 Å². The van der Waals surface area contributed by atoms with E-state index in [0.717, 1.165) is 54.7 Å². The van der Waals surface area contributed by atoms with Gasteiger partial charge in [-0.2, -0.15) is 13.2 Å². The van der Waals surface area contributed by atoms with Gasteiger partial charge in [0.15, 0.2) is 0 Å². The Hall–Kier alpha value is -3.47. The van der Waals surface area contributed by atoms with Gasteiger partial charge in [0.2, 0.25) is 21.7 Å². The first kappa shape index (κ1) is 31.5. The number of halogens is 3. The van der Waals surface area contributed by atoms with Gasteiger partial charge in [-0.15, -0.1) is 11.3 Å². The number of likely N-dealkylation sites (N-methyl/N-ethyl adjacent to an activating group) is 1. The van der Waals surface area contributed by atoms with Crippen molar-refractivity contribution < 1.29 is 45.9 Å². The molecule has 2 atom stereocenters. The minimum atomic E-state index is -4.67. The predicted molar refractivity (Wildman–Crippen MR) is 146 cm³/mol. The van der Waals surface area contributed by atoms with Crippen LogP contribution >= 0.6 is 11.3 Å². The second-order valence-electron chi connectivity index (χ2n) is 9.97. The molecule has 228 valence electrons. The van der Waals surface area contributed by atoms with Crippen LogP contribution < -0.4 is 4.72 Å². The maximum Gasteiger partial charge on any atom is 0.503 e. The van der Waals surface area contributed by atoms with E-state index >= 15 is 0 Å². The van der Waals surface area contributed by atoms with E-state index in [2.05, 4.69) is 26.3 Å². The van der Waals surface area contributed by atoms with Gasteiger partial charge in [0.05, 0.1) is 4.88 Å². The maximum atomic E-state index is 12.9. The summed E-state index contributed by atoms with van der Waals surface area (Å²) in [5.41, 5.74) is 2.00. The highest BCUT2D eigenvalue weighted by molar-refractivity contribution is 7.91. The predicted octanol–water partition coefficient (Wildman–Crippen LogP) is 4.19. The molecule has 1 aliphatic heterocycles. The van der Waals surface area contributed by atoms with Gasteiger partial charge in [-0.1, -0.05) is 29.4 Å². The lowest BCUT2D eigenvalue weighted by molar-refractivity contribution is -0.155. The quantitative estimate of drug-likeness (QED) is 0.333. The average Bonchev–Trinajstić information content (AvgIpc) is 3.30. The molecule has 0 bridgehead atoms. The van der Waals surface area contributed by atoms with Gasteiger partial charge in [-0.05, 0) is 43.1 Å². The topological polar surface area (TPSA) is 153 Å². The van der Waals surface area contributed by atoms with Crippen molar-refractivity contribution in [1.82, 2.24) is 19.7 Å². The van der Waals surface area contributed by atoms with Gasteiger partial charge in [0.1, 0.15) is 9.90 Å². The molecule has 5 rings (SSSR count). The summed E-state index contributed by atoms with van der Waals surface area (Å²) in [5.74, 6) is -1.04. The van der Waals surface area contributed by atoms with Crippen LogP contribution in [0.25, 0.3) is 10.6 Å². The van der Waals surface area contributed by atoms with Crippen LogP contribution in [0.5, 0.6) is 0 Å². The number of alkyl halides is 3. The summed E-state index contributed by atoms with van der Waals surface area (Å²) in [6.07, 6.45) is -4.73. The zero-order valence-corrected chi connectivity index (χ0v) is 24.0. The molecule has 0 unspecified atom stereocenters. The molecule has 3 N–H and O–H groups in total. The summed E-state index contributed by atoms with van der Waals surface area (Å²) in [7, 11) is -1.79. The van der Waals surface area contributed by atoms with Gasteiger partial charge in [-0.3, -0.25) is 4.79 Å². The number of hydrogen-bond donors (Lipinski definition) is 3. The van der Waals surface area contributed by atoms with Crippen molar-refractivity contribution in [3.8, 4) is 10.6 Å². The molecule has 42 heavy (non-hydrogen) atoms. The molecule has 0 radical (unpaired) electrons. The normalized spacial score (nSPS) is 19.2. The Morgan fingerprint density at radius 2 is 1.74 bits per heavy atom. The fraction of sp³-hybridized carbons (Fsp3) is 0.423. The Morgan fingerprint density at radius 1 is 1.10 bits per heavy atom. The van der Waals surface area contributed by atoms with Gasteiger partial charge in [0.25, 0.3) is 0 Å². The first-order chi connectivity index (χ1) is 19.7. The second kappa shape index (κ2) is 12.8. The zero-order valence-electron chi connectivity index (χ0n) is 22.4. The molecule has 1 saturated heterocycles. The molecule has 0 spiro atoms. The molecule has 1 aromatic carbocycles. The van der Waals surface area contributed by atoms with E-state index in [0.29, 0.717) is 19.3 Å². The van der Waals surface area contributed by atoms with E-state index in [1.807, 2.05) is 29.2 Å². The van der Waals surface area contributed by atoms with Crippen LogP contribution in [0.3, 0.4) is 0 Å². The van der Waals surface area contributed by atoms with Crippen molar-refractivity contribution in [3.63, 3.8) is 0 Å². The molecule has 2 aliphatic rings. The molecule has 11 nitrogen and oxygen atoms in total. The summed E-state index contributed by atoms with van der Waals surface area (Å²) in [6, 6.07) is 11.2. The molecule has 2 fully saturated rings. The number of thiophene rings is 1. The average molecular weight is 631 g/mol. The molecule has 3 heterocycles. The molecule has 3 aromatic rings. The number of rotatable bonds is 8. The highest BCUT2D eigenvalue weighted by Gasteiger charge is 2.42. The van der Waals surface area contributed by atoms with Crippen molar-refractivity contribution in [2.24, 2.45) is 0 Å². The minimum Gasteiger partial charge on any atom is -0.450 e. The number of benzene rings is 1. The van der Waals surface area contributed by atoms with E-state index in [-0.39, 0.29) is 32.6 Å². The van der Waals surface area contributed by atoms with Crippen molar-refractivity contribution in [2.75, 3.05) is 33.2 Å². The van der Waals surface area contributed by atoms with Crippen molar-refractivity contribution >= 4 is 33.4 Å². The van der Waals surface area contributed by atoms with Gasteiger partial charge in [0, 0.05) is 50.6 Å². The van der Waals surface area contributed by atoms with Crippen LogP contribution in [-0.2, 0) is 27.4 Å². The lowest BCUT2D eigenvalue weighted by atomic mass is 10.0. The van der Waals surface area contributed by atoms with E-state index in [1.165, 1.54) is 12.1 Å². The molecule has 1 amide bonds. The minimum absolute atomic E-state index is 0.00456.